The van der Waals surface area contributed by atoms with Crippen molar-refractivity contribution < 1.29 is 9.90 Å². The quantitative estimate of drug-likeness (QED) is 0.831. The van der Waals surface area contributed by atoms with Crippen LogP contribution in [0.15, 0.2) is 29.4 Å². The number of rotatable bonds is 6. The van der Waals surface area contributed by atoms with E-state index in [4.69, 9.17) is 16.7 Å². The molecule has 0 aliphatic heterocycles. The minimum atomic E-state index is -0.870. The summed E-state index contributed by atoms with van der Waals surface area (Å²) >= 11 is 7.15. The molecule has 0 fully saturated rings. The molecule has 0 saturated heterocycles. The Labute approximate surface area is 126 Å². The Morgan fingerprint density at radius 2 is 2.25 bits per heavy atom. The van der Waals surface area contributed by atoms with Gasteiger partial charge in [-0.15, -0.1) is 10.2 Å². The monoisotopic (exact) mass is 311 g/mol. The average Bonchev–Trinajstić information content (AvgIpc) is 2.78. The number of carboxylic acid groups (broad SMARTS) is 1. The standard InChI is InChI=1S/C13H14ClN3O2S/c1-2-11-15-16-13(20-8-12(18)19)17(11)7-9-4-3-5-10(14)6-9/h3-6H,2,7-8H2,1H3,(H,18,19). The first-order valence-corrected chi connectivity index (χ1v) is 7.47. The minimum Gasteiger partial charge on any atom is -0.481 e. The second kappa shape index (κ2) is 6.76. The number of aromatic nitrogens is 3. The molecule has 1 N–H and O–H groups in total. The van der Waals surface area contributed by atoms with Gasteiger partial charge in [0.1, 0.15) is 5.82 Å². The Kier molecular flexibility index (Phi) is 5.03. The molecule has 1 aromatic carbocycles. The van der Waals surface area contributed by atoms with E-state index >= 15 is 0 Å². The number of hydrogen-bond donors (Lipinski definition) is 1. The summed E-state index contributed by atoms with van der Waals surface area (Å²) < 4.78 is 1.93. The van der Waals surface area contributed by atoms with Crippen molar-refractivity contribution in [3.8, 4) is 0 Å². The normalized spacial score (nSPS) is 10.7. The van der Waals surface area contributed by atoms with Crippen LogP contribution in [0.4, 0.5) is 0 Å². The van der Waals surface area contributed by atoms with Crippen LogP contribution in [0.5, 0.6) is 0 Å². The van der Waals surface area contributed by atoms with Crippen molar-refractivity contribution in [2.75, 3.05) is 5.75 Å². The minimum absolute atomic E-state index is 0.0304. The lowest BCUT2D eigenvalue weighted by Crippen LogP contribution is -2.07. The number of hydrogen-bond acceptors (Lipinski definition) is 4. The highest BCUT2D eigenvalue weighted by Crippen LogP contribution is 2.20. The Morgan fingerprint density at radius 3 is 2.90 bits per heavy atom. The van der Waals surface area contributed by atoms with E-state index in [2.05, 4.69) is 10.2 Å². The molecule has 7 heteroatoms. The maximum absolute atomic E-state index is 10.7. The third-order valence-electron chi connectivity index (χ3n) is 2.66. The molecule has 2 aromatic rings. The van der Waals surface area contributed by atoms with Crippen LogP contribution in [0, 0.1) is 0 Å². The van der Waals surface area contributed by atoms with Crippen LogP contribution in [0.1, 0.15) is 18.3 Å². The zero-order chi connectivity index (χ0) is 14.5. The lowest BCUT2D eigenvalue weighted by atomic mass is 10.2. The van der Waals surface area contributed by atoms with Gasteiger partial charge in [-0.3, -0.25) is 4.79 Å². The van der Waals surface area contributed by atoms with Crippen LogP contribution >= 0.6 is 23.4 Å². The second-order valence-corrected chi connectivity index (χ2v) is 5.53. The third kappa shape index (κ3) is 3.74. The number of carbonyl (C=O) groups is 1. The predicted molar refractivity (Wildman–Crippen MR) is 78.3 cm³/mol. The topological polar surface area (TPSA) is 68.0 Å². The molecule has 106 valence electrons. The van der Waals surface area contributed by atoms with Crippen molar-refractivity contribution in [2.45, 2.75) is 25.0 Å². The van der Waals surface area contributed by atoms with Gasteiger partial charge in [0, 0.05) is 11.4 Å². The van der Waals surface area contributed by atoms with Gasteiger partial charge >= 0.3 is 5.97 Å². The van der Waals surface area contributed by atoms with Crippen LogP contribution in [0.3, 0.4) is 0 Å². The summed E-state index contributed by atoms with van der Waals surface area (Å²) in [5.74, 6) is -0.0691. The summed E-state index contributed by atoms with van der Waals surface area (Å²) in [6, 6.07) is 7.55. The van der Waals surface area contributed by atoms with Crippen molar-refractivity contribution in [3.05, 3.63) is 40.7 Å². The molecule has 0 spiro atoms. The van der Waals surface area contributed by atoms with E-state index < -0.39 is 5.97 Å². The van der Waals surface area contributed by atoms with Crippen LogP contribution in [-0.4, -0.2) is 31.6 Å². The molecule has 0 aliphatic rings. The van der Waals surface area contributed by atoms with Crippen molar-refractivity contribution in [2.24, 2.45) is 0 Å². The van der Waals surface area contributed by atoms with E-state index in [0.29, 0.717) is 16.7 Å². The number of carboxylic acids is 1. The number of halogens is 1. The highest BCUT2D eigenvalue weighted by Gasteiger charge is 2.13. The summed E-state index contributed by atoms with van der Waals surface area (Å²) in [6.45, 7) is 2.57. The third-order valence-corrected chi connectivity index (χ3v) is 3.85. The molecule has 1 heterocycles. The van der Waals surface area contributed by atoms with Crippen LogP contribution in [0.25, 0.3) is 0 Å². The number of aryl methyl sites for hydroxylation is 1. The summed E-state index contributed by atoms with van der Waals surface area (Å²) in [4.78, 5) is 10.7. The fourth-order valence-electron chi connectivity index (χ4n) is 1.79. The molecule has 0 amide bonds. The highest BCUT2D eigenvalue weighted by molar-refractivity contribution is 7.99. The average molecular weight is 312 g/mol. The van der Waals surface area contributed by atoms with Crippen LogP contribution in [0.2, 0.25) is 5.02 Å². The predicted octanol–water partition coefficient (Wildman–Crippen LogP) is 2.72. The van der Waals surface area contributed by atoms with Gasteiger partial charge in [-0.2, -0.15) is 0 Å². The maximum Gasteiger partial charge on any atom is 0.313 e. The van der Waals surface area contributed by atoms with E-state index in [0.717, 1.165) is 17.8 Å². The van der Waals surface area contributed by atoms with E-state index in [9.17, 15) is 4.79 Å². The maximum atomic E-state index is 10.7. The van der Waals surface area contributed by atoms with Crippen molar-refractivity contribution in [1.82, 2.24) is 14.8 Å². The Morgan fingerprint density at radius 1 is 1.45 bits per heavy atom. The molecule has 1 aromatic heterocycles. The number of aliphatic carboxylic acids is 1. The summed E-state index contributed by atoms with van der Waals surface area (Å²) in [5.41, 5.74) is 1.03. The lowest BCUT2D eigenvalue weighted by Gasteiger charge is -2.09. The molecule has 0 bridgehead atoms. The molecular weight excluding hydrogens is 298 g/mol. The zero-order valence-corrected chi connectivity index (χ0v) is 12.5. The smallest absolute Gasteiger partial charge is 0.313 e. The summed E-state index contributed by atoms with van der Waals surface area (Å²) in [5, 5.41) is 18.2. The molecule has 0 radical (unpaired) electrons. The van der Waals surface area contributed by atoms with Gasteiger partial charge in [-0.05, 0) is 17.7 Å². The second-order valence-electron chi connectivity index (χ2n) is 4.15. The van der Waals surface area contributed by atoms with Gasteiger partial charge in [0.25, 0.3) is 0 Å². The van der Waals surface area contributed by atoms with Gasteiger partial charge in [-0.25, -0.2) is 0 Å². The molecule has 2 rings (SSSR count). The summed E-state index contributed by atoms with van der Waals surface area (Å²) in [7, 11) is 0. The van der Waals surface area contributed by atoms with Gasteiger partial charge < -0.3 is 9.67 Å². The first kappa shape index (κ1) is 14.9. The fraction of sp³-hybridized carbons (Fsp3) is 0.308. The van der Waals surface area contributed by atoms with E-state index in [1.54, 1.807) is 0 Å². The van der Waals surface area contributed by atoms with Gasteiger partial charge in [0.15, 0.2) is 5.16 Å². The Balaban J connectivity index is 2.24. The van der Waals surface area contributed by atoms with E-state index in [-0.39, 0.29) is 5.75 Å². The van der Waals surface area contributed by atoms with Gasteiger partial charge in [0.2, 0.25) is 0 Å². The highest BCUT2D eigenvalue weighted by atomic mass is 35.5. The SMILES string of the molecule is CCc1nnc(SCC(=O)O)n1Cc1cccc(Cl)c1. The largest absolute Gasteiger partial charge is 0.481 e. The molecule has 0 unspecified atom stereocenters. The molecule has 0 atom stereocenters. The van der Waals surface area contributed by atoms with Crippen molar-refractivity contribution in [1.29, 1.82) is 0 Å². The molecular formula is C13H14ClN3O2S. The van der Waals surface area contributed by atoms with Crippen LogP contribution < -0.4 is 0 Å². The first-order chi connectivity index (χ1) is 9.60. The van der Waals surface area contributed by atoms with Crippen LogP contribution in [-0.2, 0) is 17.8 Å². The first-order valence-electron chi connectivity index (χ1n) is 6.11. The molecule has 0 aliphatic carbocycles. The Hall–Kier alpha value is -1.53. The van der Waals surface area contributed by atoms with Crippen molar-refractivity contribution in [3.63, 3.8) is 0 Å². The number of nitrogens with zero attached hydrogens (tertiary/aromatic N) is 3. The summed E-state index contributed by atoms with van der Waals surface area (Å²) in [6.07, 6.45) is 0.737. The number of thioether (sulfide) groups is 1. The van der Waals surface area contributed by atoms with Gasteiger partial charge in [0.05, 0.1) is 12.3 Å². The van der Waals surface area contributed by atoms with E-state index in [1.807, 2.05) is 35.8 Å². The Bertz CT molecular complexity index is 615. The van der Waals surface area contributed by atoms with Crippen molar-refractivity contribution >= 4 is 29.3 Å². The molecule has 0 saturated carbocycles. The fourth-order valence-corrected chi connectivity index (χ4v) is 2.68. The zero-order valence-electron chi connectivity index (χ0n) is 10.9. The van der Waals surface area contributed by atoms with Gasteiger partial charge in [-0.1, -0.05) is 42.4 Å². The molecule has 5 nitrogen and oxygen atoms in total. The molecule has 20 heavy (non-hydrogen) atoms. The lowest BCUT2D eigenvalue weighted by molar-refractivity contribution is -0.133. The van der Waals surface area contributed by atoms with E-state index in [1.165, 1.54) is 11.8 Å². The number of benzene rings is 1.